The van der Waals surface area contributed by atoms with E-state index in [1.54, 1.807) is 24.1 Å². The molecule has 32 heavy (non-hydrogen) atoms. The molecule has 6 nitrogen and oxygen atoms in total. The van der Waals surface area contributed by atoms with Crippen LogP contribution in [0.1, 0.15) is 12.5 Å². The number of rotatable bonds is 6. The highest BCUT2D eigenvalue weighted by molar-refractivity contribution is 7.07. The van der Waals surface area contributed by atoms with Gasteiger partial charge in [-0.3, -0.25) is 4.99 Å². The molecule has 0 bridgehead atoms. The molecule has 2 N–H and O–H groups in total. The van der Waals surface area contributed by atoms with Crippen LogP contribution in [0.4, 0.5) is 0 Å². The first-order chi connectivity index (χ1) is 15.4. The Morgan fingerprint density at radius 3 is 2.62 bits per heavy atom. The van der Waals surface area contributed by atoms with Gasteiger partial charge in [-0.25, -0.2) is 4.68 Å². The minimum absolute atomic E-state index is 0.00605. The zero-order chi connectivity index (χ0) is 22.7. The summed E-state index contributed by atoms with van der Waals surface area (Å²) in [6.07, 6.45) is 1.55. The number of aromatic nitrogens is 1. The molecule has 0 aliphatic carbocycles. The summed E-state index contributed by atoms with van der Waals surface area (Å²) < 4.78 is 7.07. The molecule has 0 saturated heterocycles. The van der Waals surface area contributed by atoms with Gasteiger partial charge in [-0.15, -0.1) is 11.3 Å². The summed E-state index contributed by atoms with van der Waals surface area (Å²) in [4.78, 5) is 5.35. The van der Waals surface area contributed by atoms with Gasteiger partial charge >= 0.3 is 0 Å². The van der Waals surface area contributed by atoms with Crippen LogP contribution in [-0.2, 0) is 0 Å². The molecule has 1 aromatic heterocycles. The summed E-state index contributed by atoms with van der Waals surface area (Å²) in [5.41, 5.74) is 3.31. The Labute approximate surface area is 189 Å². The minimum Gasteiger partial charge on any atom is -0.508 e. The average molecular weight is 446 g/mol. The van der Waals surface area contributed by atoms with Gasteiger partial charge < -0.3 is 14.9 Å². The first-order valence-corrected chi connectivity index (χ1v) is 10.8. The van der Waals surface area contributed by atoms with Crippen LogP contribution in [0.5, 0.6) is 17.2 Å². The number of thiazole rings is 1. The summed E-state index contributed by atoms with van der Waals surface area (Å²) >= 11 is 1.49. The number of hydrogen-bond acceptors (Lipinski definition) is 6. The van der Waals surface area contributed by atoms with E-state index in [9.17, 15) is 10.2 Å². The second-order valence-corrected chi connectivity index (χ2v) is 8.24. The minimum atomic E-state index is -0.0498. The fourth-order valence-corrected chi connectivity index (χ4v) is 4.03. The van der Waals surface area contributed by atoms with Crippen LogP contribution in [0.3, 0.4) is 0 Å². The predicted octanol–water partition coefficient (Wildman–Crippen LogP) is 5.15. The van der Waals surface area contributed by atoms with Crippen LogP contribution in [0.2, 0.25) is 0 Å². The van der Waals surface area contributed by atoms with Crippen molar-refractivity contribution in [2.75, 3.05) is 13.7 Å². The highest BCUT2D eigenvalue weighted by Gasteiger charge is 2.09. The van der Waals surface area contributed by atoms with Crippen LogP contribution in [0.15, 0.2) is 82.2 Å². The molecule has 0 radical (unpaired) electrons. The number of nitrogens with zero attached hydrogens (tertiary/aromatic N) is 3. The van der Waals surface area contributed by atoms with Crippen molar-refractivity contribution < 1.29 is 14.9 Å². The molecule has 0 saturated carbocycles. The van der Waals surface area contributed by atoms with Gasteiger partial charge in [-0.1, -0.05) is 30.4 Å². The third-order valence-electron chi connectivity index (χ3n) is 4.84. The van der Waals surface area contributed by atoms with Gasteiger partial charge in [-0.2, -0.15) is 5.10 Å². The van der Waals surface area contributed by atoms with E-state index in [2.05, 4.69) is 28.8 Å². The Bertz CT molecular complexity index is 1400. The van der Waals surface area contributed by atoms with E-state index in [4.69, 9.17) is 4.74 Å². The lowest BCUT2D eigenvalue weighted by atomic mass is 10.1. The molecule has 162 valence electrons. The first-order valence-electron chi connectivity index (χ1n) is 9.94. The number of aromatic hydroxyl groups is 2. The fraction of sp³-hybridized carbons (Fsp3) is 0.120. The number of ether oxygens (including phenoxy) is 1. The molecule has 0 spiro atoms. The lowest BCUT2D eigenvalue weighted by molar-refractivity contribution is 0.415. The third kappa shape index (κ3) is 4.58. The number of methoxy groups -OCH3 is 1. The largest absolute Gasteiger partial charge is 0.508 e. The van der Waals surface area contributed by atoms with Crippen LogP contribution in [-0.4, -0.2) is 34.8 Å². The topological polar surface area (TPSA) is 79.3 Å². The molecule has 0 fully saturated rings. The van der Waals surface area contributed by atoms with Crippen molar-refractivity contribution in [1.82, 2.24) is 4.68 Å². The van der Waals surface area contributed by atoms with Crippen LogP contribution in [0.25, 0.3) is 22.0 Å². The van der Waals surface area contributed by atoms with Crippen molar-refractivity contribution in [3.8, 4) is 28.5 Å². The summed E-state index contributed by atoms with van der Waals surface area (Å²) in [5.74, 6) is 0.759. The van der Waals surface area contributed by atoms with Crippen molar-refractivity contribution in [3.63, 3.8) is 0 Å². The Morgan fingerprint density at radius 2 is 1.88 bits per heavy atom. The molecule has 4 aromatic rings. The number of benzene rings is 3. The summed E-state index contributed by atoms with van der Waals surface area (Å²) in [5, 5.41) is 28.4. The Balaban J connectivity index is 1.81. The average Bonchev–Trinajstić information content (AvgIpc) is 3.19. The van der Waals surface area contributed by atoms with Gasteiger partial charge in [0, 0.05) is 22.6 Å². The molecule has 0 unspecified atom stereocenters. The standard InChI is InChI=1S/C25H23N3O3S/c1-16(2)13-26-25-28(27-14-20-6-8-21(29)12-24(20)30)23(15-32-25)19-5-4-18-11-22(31-3)9-7-17(18)10-19/h4-12,14-15,29-30H,1,13H2,2-3H3. The normalized spacial score (nSPS) is 12.0. The number of phenolic OH excluding ortho intramolecular Hbond substituents is 2. The van der Waals surface area contributed by atoms with E-state index in [1.165, 1.54) is 23.5 Å². The van der Waals surface area contributed by atoms with Gasteiger partial charge in [0.25, 0.3) is 0 Å². The maximum atomic E-state index is 10.1. The van der Waals surface area contributed by atoms with Crippen molar-refractivity contribution in [1.29, 1.82) is 0 Å². The summed E-state index contributed by atoms with van der Waals surface area (Å²) in [6.45, 7) is 6.35. The second kappa shape index (κ2) is 9.11. The number of hydrogen-bond donors (Lipinski definition) is 2. The maximum Gasteiger partial charge on any atom is 0.206 e. The van der Waals surface area contributed by atoms with Gasteiger partial charge in [0.1, 0.15) is 17.2 Å². The van der Waals surface area contributed by atoms with Crippen molar-refractivity contribution >= 4 is 28.3 Å². The molecular weight excluding hydrogens is 422 g/mol. The molecule has 3 aromatic carbocycles. The summed E-state index contributed by atoms with van der Waals surface area (Å²) in [7, 11) is 1.66. The zero-order valence-electron chi connectivity index (χ0n) is 17.8. The fourth-order valence-electron chi connectivity index (χ4n) is 3.19. The first kappa shape index (κ1) is 21.4. The van der Waals surface area contributed by atoms with E-state index in [1.807, 2.05) is 36.6 Å². The molecule has 7 heteroatoms. The SMILES string of the molecule is C=C(C)CN=c1scc(-c2ccc3cc(OC)ccc3c2)n1N=Cc1ccc(O)cc1O. The summed E-state index contributed by atoms with van der Waals surface area (Å²) in [6, 6.07) is 16.5. The molecule has 1 heterocycles. The lowest BCUT2D eigenvalue weighted by Crippen LogP contribution is -2.13. The Hall–Kier alpha value is -3.84. The van der Waals surface area contributed by atoms with E-state index in [0.717, 1.165) is 33.4 Å². The zero-order valence-corrected chi connectivity index (χ0v) is 18.6. The van der Waals surface area contributed by atoms with Gasteiger partial charge in [-0.05, 0) is 48.0 Å². The monoisotopic (exact) mass is 445 g/mol. The van der Waals surface area contributed by atoms with Crippen molar-refractivity contribution in [3.05, 3.63) is 82.5 Å². The third-order valence-corrected chi connectivity index (χ3v) is 5.69. The molecule has 0 atom stereocenters. The highest BCUT2D eigenvalue weighted by atomic mass is 32.1. The van der Waals surface area contributed by atoms with Crippen LogP contribution < -0.4 is 9.54 Å². The van der Waals surface area contributed by atoms with Crippen LogP contribution >= 0.6 is 11.3 Å². The van der Waals surface area contributed by atoms with E-state index >= 15 is 0 Å². The quantitative estimate of drug-likeness (QED) is 0.318. The van der Waals surface area contributed by atoms with E-state index < -0.39 is 0 Å². The Morgan fingerprint density at radius 1 is 1.09 bits per heavy atom. The van der Waals surface area contributed by atoms with Gasteiger partial charge in [0.15, 0.2) is 0 Å². The molecular formula is C25H23N3O3S. The number of fused-ring (bicyclic) bond motifs is 1. The smallest absolute Gasteiger partial charge is 0.206 e. The maximum absolute atomic E-state index is 10.1. The van der Waals surface area contributed by atoms with Crippen molar-refractivity contribution in [2.24, 2.45) is 10.1 Å². The lowest BCUT2D eigenvalue weighted by Gasteiger charge is -2.07. The van der Waals surface area contributed by atoms with Gasteiger partial charge in [0.2, 0.25) is 4.80 Å². The Kier molecular flexibility index (Phi) is 6.09. The van der Waals surface area contributed by atoms with Crippen LogP contribution in [0, 0.1) is 0 Å². The number of phenols is 2. The van der Waals surface area contributed by atoms with Gasteiger partial charge in [0.05, 0.1) is 25.6 Å². The molecule has 0 aliphatic rings. The van der Waals surface area contributed by atoms with E-state index in [-0.39, 0.29) is 11.5 Å². The van der Waals surface area contributed by atoms with E-state index in [0.29, 0.717) is 16.9 Å². The second-order valence-electron chi connectivity index (χ2n) is 7.40. The highest BCUT2D eigenvalue weighted by Crippen LogP contribution is 2.28. The van der Waals surface area contributed by atoms with Crippen molar-refractivity contribution in [2.45, 2.75) is 6.92 Å². The molecule has 4 rings (SSSR count). The predicted molar refractivity (Wildman–Crippen MR) is 130 cm³/mol. The molecule has 0 amide bonds. The molecule has 0 aliphatic heterocycles.